The van der Waals surface area contributed by atoms with Gasteiger partial charge in [-0.05, 0) is 52.1 Å². The largest absolute Gasteiger partial charge is 0.514 e. The van der Waals surface area contributed by atoms with E-state index in [2.05, 4.69) is 10.6 Å². The fourth-order valence-corrected chi connectivity index (χ4v) is 7.72. The van der Waals surface area contributed by atoms with Crippen LogP contribution in [0.1, 0.15) is 56.2 Å². The van der Waals surface area contributed by atoms with Gasteiger partial charge in [-0.15, -0.1) is 0 Å². The summed E-state index contributed by atoms with van der Waals surface area (Å²) in [5.74, 6) is -5.61. The van der Waals surface area contributed by atoms with Crippen molar-refractivity contribution in [2.75, 3.05) is 25.6 Å². The molecule has 6 rings (SSSR count). The number of non-ortho nitro benzene ring substituents is 1. The highest BCUT2D eigenvalue weighted by molar-refractivity contribution is 5.92. The van der Waals surface area contributed by atoms with Crippen LogP contribution in [0.2, 0.25) is 0 Å². The molecule has 20 heteroatoms. The Bertz CT molecular complexity index is 2450. The third-order valence-corrected chi connectivity index (χ3v) is 10.5. The van der Waals surface area contributed by atoms with Crippen molar-refractivity contribution in [2.24, 2.45) is 5.92 Å². The summed E-state index contributed by atoms with van der Waals surface area (Å²) in [4.78, 5) is 99.4. The number of nitrogens with one attached hydrogen (secondary N) is 2. The second-order valence-electron chi connectivity index (χ2n) is 15.0. The summed E-state index contributed by atoms with van der Waals surface area (Å²) in [5.41, 5.74) is 4.21. The van der Waals surface area contributed by atoms with Crippen molar-refractivity contribution in [2.45, 2.75) is 70.6 Å². The van der Waals surface area contributed by atoms with E-state index in [-0.39, 0.29) is 60.3 Å². The van der Waals surface area contributed by atoms with Gasteiger partial charge in [-0.1, -0.05) is 54.6 Å². The molecule has 2 aliphatic carbocycles. The van der Waals surface area contributed by atoms with Crippen molar-refractivity contribution < 1.29 is 76.4 Å². The van der Waals surface area contributed by atoms with Gasteiger partial charge in [-0.25, -0.2) is 9.59 Å². The number of anilines is 1. The number of rotatable bonds is 16. The zero-order chi connectivity index (χ0) is 47.5. The number of nitrogens with zero attached hydrogens (tertiary/aromatic N) is 1. The number of hydrogen-bond acceptors (Lipinski definition) is 17. The number of ether oxygens (including phenoxy) is 8. The van der Waals surface area contributed by atoms with Gasteiger partial charge in [0.25, 0.3) is 5.69 Å². The Morgan fingerprint density at radius 1 is 0.742 bits per heavy atom. The molecule has 1 unspecified atom stereocenters. The van der Waals surface area contributed by atoms with Crippen LogP contribution in [-0.4, -0.2) is 91.6 Å². The number of hydrogen-bond donors (Lipinski definition) is 2. The highest BCUT2D eigenvalue weighted by Gasteiger charge is 2.54. The lowest BCUT2D eigenvalue weighted by molar-refractivity contribution is -0.384. The summed E-state index contributed by atoms with van der Waals surface area (Å²) in [6.07, 6.45) is -8.29. The molecule has 0 aromatic heterocycles. The van der Waals surface area contributed by atoms with Crippen LogP contribution in [0, 0.1) is 16.0 Å². The molecule has 20 nitrogen and oxygen atoms in total. The van der Waals surface area contributed by atoms with E-state index in [9.17, 15) is 43.7 Å². The minimum Gasteiger partial charge on any atom is -0.484 e. The van der Waals surface area contributed by atoms with Crippen molar-refractivity contribution in [3.8, 4) is 22.6 Å². The molecule has 4 aromatic rings. The van der Waals surface area contributed by atoms with Crippen LogP contribution < -0.4 is 20.1 Å². The molecule has 346 valence electrons. The Morgan fingerprint density at radius 3 is 1.95 bits per heavy atom. The summed E-state index contributed by atoms with van der Waals surface area (Å²) in [7, 11) is 1.10. The first-order chi connectivity index (χ1) is 31.6. The number of amides is 2. The second kappa shape index (κ2) is 21.6. The van der Waals surface area contributed by atoms with E-state index in [0.717, 1.165) is 62.3 Å². The number of carbonyl (C=O) groups is 7. The molecule has 1 fully saturated rings. The SMILES string of the molecule is COC(=O)[C@H]1CC(Oc2ccc(COC(=O)Oc3ccc([N+](=O)[O-])cc3)cc2NC(=O)CCNC(=O)OCC2c3ccccc3-c3ccccc32)[C@H](OC(C)=O)[C@@H](OC(C)=O)[C@@H]1OC(C)=O. The van der Waals surface area contributed by atoms with E-state index in [4.69, 9.17) is 37.9 Å². The molecule has 0 saturated heterocycles. The van der Waals surface area contributed by atoms with Crippen molar-refractivity contribution in [1.29, 1.82) is 0 Å². The molecule has 5 atom stereocenters. The van der Waals surface area contributed by atoms with Crippen molar-refractivity contribution in [1.82, 2.24) is 5.32 Å². The summed E-state index contributed by atoms with van der Waals surface area (Å²) < 4.78 is 43.8. The fourth-order valence-electron chi connectivity index (χ4n) is 7.72. The van der Waals surface area contributed by atoms with E-state index in [1.165, 1.54) is 30.3 Å². The maximum atomic E-state index is 13.5. The van der Waals surface area contributed by atoms with Gasteiger partial charge in [0.05, 0.1) is 17.7 Å². The van der Waals surface area contributed by atoms with Crippen LogP contribution >= 0.6 is 0 Å². The first kappa shape index (κ1) is 47.4. The summed E-state index contributed by atoms with van der Waals surface area (Å²) in [6.45, 7) is 2.70. The van der Waals surface area contributed by atoms with E-state index in [1.807, 2.05) is 48.5 Å². The van der Waals surface area contributed by atoms with Gasteiger partial charge in [0.1, 0.15) is 36.7 Å². The molecule has 66 heavy (non-hydrogen) atoms. The number of fused-ring (bicyclic) bond motifs is 3. The first-order valence-corrected chi connectivity index (χ1v) is 20.5. The average molecular weight is 912 g/mol. The first-order valence-electron chi connectivity index (χ1n) is 20.5. The molecule has 2 amide bonds. The molecule has 2 N–H and O–H groups in total. The predicted octanol–water partition coefficient (Wildman–Crippen LogP) is 5.91. The maximum Gasteiger partial charge on any atom is 0.514 e. The highest BCUT2D eigenvalue weighted by Crippen LogP contribution is 2.44. The normalized spacial score (nSPS) is 18.2. The number of benzene rings is 4. The number of carbonyl (C=O) groups excluding carboxylic acids is 7. The Balaban J connectivity index is 1.18. The zero-order valence-corrected chi connectivity index (χ0v) is 36.0. The smallest absolute Gasteiger partial charge is 0.484 e. The van der Waals surface area contributed by atoms with Gasteiger partial charge < -0.3 is 48.5 Å². The van der Waals surface area contributed by atoms with Crippen LogP contribution in [-0.2, 0) is 59.0 Å². The molecule has 0 spiro atoms. The molecule has 0 aliphatic heterocycles. The molecule has 2 aliphatic rings. The lowest BCUT2D eigenvalue weighted by atomic mass is 9.80. The number of nitro groups is 1. The standard InChI is InChI=1S/C46H45N3O17/c1-25(50)62-41-35(44(54)59-4)22-39(42(63-26(2)51)43(41)64-27(3)52)66-38-18-13-28(23-61-46(56)65-30-16-14-29(15-17-30)49(57)58)21-37(38)48-40(53)19-20-47-45(55)60-24-36-33-11-7-5-9-31(33)32-10-6-8-12-34(32)36/h5-18,21,35-36,39,41-43H,19-20,22-24H2,1-4H3,(H,47,55)(H,48,53)/t35-,39?,41+,42-,43-/m0/s1. The summed E-state index contributed by atoms with van der Waals surface area (Å²) in [5, 5.41) is 16.3. The summed E-state index contributed by atoms with van der Waals surface area (Å²) in [6, 6.07) is 24.6. The van der Waals surface area contributed by atoms with E-state index < -0.39 is 83.9 Å². The molecule has 0 heterocycles. The molecule has 4 aromatic carbocycles. The Labute approximate surface area is 376 Å². The lowest BCUT2D eigenvalue weighted by Gasteiger charge is -2.43. The Hall–Kier alpha value is -8.03. The highest BCUT2D eigenvalue weighted by atomic mass is 16.7. The Morgan fingerprint density at radius 2 is 1.35 bits per heavy atom. The molecular formula is C46H45N3O17. The molecule has 0 bridgehead atoms. The van der Waals surface area contributed by atoms with Gasteiger partial charge in [0.2, 0.25) is 5.91 Å². The van der Waals surface area contributed by atoms with Crippen LogP contribution in [0.5, 0.6) is 11.5 Å². The number of esters is 4. The van der Waals surface area contributed by atoms with E-state index >= 15 is 0 Å². The van der Waals surface area contributed by atoms with E-state index in [0.29, 0.717) is 0 Å². The lowest BCUT2D eigenvalue weighted by Crippen LogP contribution is -2.61. The molecular weight excluding hydrogens is 867 g/mol. The van der Waals surface area contributed by atoms with Crippen molar-refractivity contribution in [3.63, 3.8) is 0 Å². The zero-order valence-electron chi connectivity index (χ0n) is 36.0. The van der Waals surface area contributed by atoms with Gasteiger partial charge in [-0.2, -0.15) is 0 Å². The number of alkyl carbamates (subject to hydrolysis) is 1. The maximum absolute atomic E-state index is 13.5. The van der Waals surface area contributed by atoms with Gasteiger partial charge in [0, 0.05) is 58.2 Å². The summed E-state index contributed by atoms with van der Waals surface area (Å²) >= 11 is 0. The van der Waals surface area contributed by atoms with Gasteiger partial charge in [-0.3, -0.25) is 34.1 Å². The third kappa shape index (κ3) is 11.9. The van der Waals surface area contributed by atoms with Crippen LogP contribution in [0.3, 0.4) is 0 Å². The second-order valence-corrected chi connectivity index (χ2v) is 15.0. The Kier molecular flexibility index (Phi) is 15.5. The van der Waals surface area contributed by atoms with Crippen LogP contribution in [0.25, 0.3) is 11.1 Å². The minimum absolute atomic E-state index is 0.0201. The average Bonchev–Trinajstić information content (AvgIpc) is 3.60. The predicted molar refractivity (Wildman–Crippen MR) is 228 cm³/mol. The van der Waals surface area contributed by atoms with Gasteiger partial charge >= 0.3 is 36.1 Å². The van der Waals surface area contributed by atoms with Crippen molar-refractivity contribution >= 4 is 53.4 Å². The molecule has 1 saturated carbocycles. The molecule has 0 radical (unpaired) electrons. The number of methoxy groups -OCH3 is 1. The third-order valence-electron chi connectivity index (χ3n) is 10.5. The topological polar surface area (TPSA) is 261 Å². The van der Waals surface area contributed by atoms with Crippen LogP contribution in [0.15, 0.2) is 91.0 Å². The fraction of sp³-hybridized carbons (Fsp3) is 0.326. The van der Waals surface area contributed by atoms with Crippen LogP contribution in [0.4, 0.5) is 21.0 Å². The monoisotopic (exact) mass is 911 g/mol. The quantitative estimate of drug-likeness (QED) is 0.0435. The van der Waals surface area contributed by atoms with Gasteiger partial charge in [0.15, 0.2) is 18.3 Å². The number of nitro benzene ring substituents is 1. The van der Waals surface area contributed by atoms with E-state index in [1.54, 1.807) is 0 Å². The minimum atomic E-state index is -1.56. The van der Waals surface area contributed by atoms with Crippen molar-refractivity contribution in [3.05, 3.63) is 118 Å².